The predicted octanol–water partition coefficient (Wildman–Crippen LogP) is 5.72. The van der Waals surface area contributed by atoms with E-state index in [0.717, 1.165) is 47.1 Å². The molecule has 3 aliphatic rings. The molecule has 246 valence electrons. The highest BCUT2D eigenvalue weighted by Crippen LogP contribution is 2.34. The molecule has 0 bridgehead atoms. The lowest BCUT2D eigenvalue weighted by Gasteiger charge is -2.36. The number of hydrogen-bond donors (Lipinski definition) is 1. The quantitative estimate of drug-likeness (QED) is 0.339. The highest BCUT2D eigenvalue weighted by Gasteiger charge is 2.40. The molecule has 0 spiro atoms. The van der Waals surface area contributed by atoms with Gasteiger partial charge in [0.1, 0.15) is 23.3 Å². The monoisotopic (exact) mass is 631 g/mol. The van der Waals surface area contributed by atoms with Gasteiger partial charge in [0.25, 0.3) is 0 Å². The lowest BCUT2D eigenvalue weighted by molar-refractivity contribution is -0.147. The number of carbonyl (C=O) groups is 4. The normalized spacial score (nSPS) is 21.0. The van der Waals surface area contributed by atoms with Crippen molar-refractivity contribution in [2.75, 3.05) is 13.7 Å². The Kier molecular flexibility index (Phi) is 9.20. The van der Waals surface area contributed by atoms with Crippen LogP contribution >= 0.6 is 0 Å². The number of aryl methyl sites for hydroxylation is 1. The van der Waals surface area contributed by atoms with Crippen LogP contribution in [0.15, 0.2) is 48.5 Å². The number of nitrogens with zero attached hydrogens (tertiary/aromatic N) is 2. The molecule has 5 rings (SSSR count). The fourth-order valence-electron chi connectivity index (χ4n) is 6.32. The van der Waals surface area contributed by atoms with E-state index in [0.29, 0.717) is 0 Å². The molecule has 0 saturated carbocycles. The van der Waals surface area contributed by atoms with E-state index in [1.165, 1.54) is 22.5 Å². The Morgan fingerprint density at radius 2 is 1.50 bits per heavy atom. The Morgan fingerprint density at radius 3 is 2.17 bits per heavy atom. The predicted molar refractivity (Wildman–Crippen MR) is 173 cm³/mol. The zero-order valence-electron chi connectivity index (χ0n) is 27.8. The molecule has 2 aromatic carbocycles. The average Bonchev–Trinajstić information content (AvgIpc) is 3.44. The summed E-state index contributed by atoms with van der Waals surface area (Å²) in [4.78, 5) is 56.0. The van der Waals surface area contributed by atoms with Gasteiger partial charge in [0.15, 0.2) is 0 Å². The smallest absolute Gasteiger partial charge is 0.411 e. The van der Waals surface area contributed by atoms with Crippen LogP contribution in [-0.4, -0.2) is 70.8 Å². The Bertz CT molecular complexity index is 1550. The summed E-state index contributed by atoms with van der Waals surface area (Å²) in [7, 11) is 1.30. The molecule has 1 unspecified atom stereocenters. The highest BCUT2D eigenvalue weighted by molar-refractivity contribution is 5.93. The van der Waals surface area contributed by atoms with Crippen LogP contribution in [0.5, 0.6) is 0 Å². The topological polar surface area (TPSA) is 114 Å². The van der Waals surface area contributed by atoms with Crippen LogP contribution in [0.4, 0.5) is 9.59 Å². The van der Waals surface area contributed by atoms with Gasteiger partial charge in [-0.1, -0.05) is 36.4 Å². The maximum atomic E-state index is 13.9. The van der Waals surface area contributed by atoms with Crippen molar-refractivity contribution in [3.63, 3.8) is 0 Å². The minimum Gasteiger partial charge on any atom is -0.467 e. The van der Waals surface area contributed by atoms with Crippen molar-refractivity contribution < 1.29 is 33.4 Å². The third kappa shape index (κ3) is 7.37. The molecule has 3 atom stereocenters. The number of methoxy groups -OCH3 is 1. The van der Waals surface area contributed by atoms with Crippen LogP contribution < -0.4 is 5.32 Å². The SMILES string of the molecule is COC(=O)[C@@H]1Cc2ccc(C3=C[C@@H](C(=O)NC4CCCc5ccccc54)N(C(=O)OC(C)(C)C)C3)cc2CN1C(=O)OC(C)(C)C. The summed E-state index contributed by atoms with van der Waals surface area (Å²) >= 11 is 0. The number of fused-ring (bicyclic) bond motifs is 2. The number of benzene rings is 2. The minimum absolute atomic E-state index is 0.138. The summed E-state index contributed by atoms with van der Waals surface area (Å²) in [5, 5.41) is 3.21. The Labute approximate surface area is 271 Å². The van der Waals surface area contributed by atoms with E-state index < -0.39 is 41.4 Å². The molecule has 46 heavy (non-hydrogen) atoms. The molecule has 2 aliphatic heterocycles. The first kappa shape index (κ1) is 33.0. The minimum atomic E-state index is -0.864. The van der Waals surface area contributed by atoms with Crippen LogP contribution in [0.2, 0.25) is 0 Å². The molecule has 3 amide bonds. The maximum absolute atomic E-state index is 13.9. The van der Waals surface area contributed by atoms with Crippen molar-refractivity contribution in [2.24, 2.45) is 0 Å². The first-order valence-corrected chi connectivity index (χ1v) is 15.9. The molecule has 1 aliphatic carbocycles. The fraction of sp³-hybridized carbons (Fsp3) is 0.500. The average molecular weight is 632 g/mol. The van der Waals surface area contributed by atoms with Crippen molar-refractivity contribution in [2.45, 2.75) is 103 Å². The molecular formula is C36H45N3O7. The second-order valence-electron chi connectivity index (χ2n) is 14.2. The largest absolute Gasteiger partial charge is 0.467 e. The van der Waals surface area contributed by atoms with Gasteiger partial charge in [-0.3, -0.25) is 14.6 Å². The van der Waals surface area contributed by atoms with Crippen molar-refractivity contribution in [1.29, 1.82) is 0 Å². The molecule has 10 nitrogen and oxygen atoms in total. The summed E-state index contributed by atoms with van der Waals surface area (Å²) in [6.45, 7) is 11.0. The Balaban J connectivity index is 1.43. The zero-order chi connectivity index (χ0) is 33.4. The van der Waals surface area contributed by atoms with Gasteiger partial charge in [0.05, 0.1) is 26.2 Å². The first-order valence-electron chi connectivity index (χ1n) is 15.9. The van der Waals surface area contributed by atoms with Crippen molar-refractivity contribution in [3.05, 3.63) is 76.4 Å². The second-order valence-corrected chi connectivity index (χ2v) is 14.2. The number of ether oxygens (including phenoxy) is 3. The van der Waals surface area contributed by atoms with Crippen LogP contribution in [0.3, 0.4) is 0 Å². The zero-order valence-corrected chi connectivity index (χ0v) is 27.8. The lowest BCUT2D eigenvalue weighted by atomic mass is 9.87. The van der Waals surface area contributed by atoms with E-state index in [9.17, 15) is 19.2 Å². The van der Waals surface area contributed by atoms with Crippen molar-refractivity contribution >= 4 is 29.6 Å². The standard InChI is InChI=1S/C36H45N3O7/c1-35(2,3)45-33(42)38-21-26(19-29(38)31(40)37-28-14-10-12-22-11-8-9-13-27(22)28)23-15-16-24-18-30(32(41)44-7)39(20-25(24)17-23)34(43)46-36(4,5)6/h8-9,11,13,15-17,19,28-30H,10,12,14,18,20-21H2,1-7H3,(H,37,40)/t28?,29-,30-/m0/s1. The number of rotatable bonds is 4. The number of amides is 3. The van der Waals surface area contributed by atoms with Gasteiger partial charge in [-0.2, -0.15) is 0 Å². The number of esters is 1. The van der Waals surface area contributed by atoms with E-state index in [-0.39, 0.29) is 31.5 Å². The van der Waals surface area contributed by atoms with Crippen molar-refractivity contribution in [1.82, 2.24) is 15.1 Å². The van der Waals surface area contributed by atoms with Crippen LogP contribution in [-0.2, 0) is 43.2 Å². The summed E-state index contributed by atoms with van der Waals surface area (Å²) in [5.41, 5.74) is 4.22. The van der Waals surface area contributed by atoms with E-state index in [1.54, 1.807) is 41.5 Å². The van der Waals surface area contributed by atoms with Gasteiger partial charge < -0.3 is 19.5 Å². The molecule has 0 aromatic heterocycles. The van der Waals surface area contributed by atoms with E-state index in [4.69, 9.17) is 14.2 Å². The Morgan fingerprint density at radius 1 is 0.826 bits per heavy atom. The maximum Gasteiger partial charge on any atom is 0.411 e. The molecule has 2 heterocycles. The van der Waals surface area contributed by atoms with E-state index in [2.05, 4.69) is 17.4 Å². The first-order chi connectivity index (χ1) is 21.6. The van der Waals surface area contributed by atoms with Crippen LogP contribution in [0, 0.1) is 0 Å². The third-order valence-corrected chi connectivity index (χ3v) is 8.43. The van der Waals surface area contributed by atoms with Gasteiger partial charge in [0, 0.05) is 6.42 Å². The number of carbonyl (C=O) groups excluding carboxylic acids is 4. The number of nitrogens with one attached hydrogen (secondary N) is 1. The molecular weight excluding hydrogens is 586 g/mol. The van der Waals surface area contributed by atoms with Crippen molar-refractivity contribution in [3.8, 4) is 0 Å². The third-order valence-electron chi connectivity index (χ3n) is 8.43. The molecule has 0 fully saturated rings. The summed E-state index contributed by atoms with van der Waals surface area (Å²) < 4.78 is 16.3. The van der Waals surface area contributed by atoms with Gasteiger partial charge in [0.2, 0.25) is 5.91 Å². The number of hydrogen-bond acceptors (Lipinski definition) is 7. The summed E-state index contributed by atoms with van der Waals surface area (Å²) in [6.07, 6.45) is 3.69. The van der Waals surface area contributed by atoms with Gasteiger partial charge in [-0.15, -0.1) is 0 Å². The highest BCUT2D eigenvalue weighted by atomic mass is 16.6. The van der Waals surface area contributed by atoms with E-state index in [1.807, 2.05) is 36.4 Å². The molecule has 1 N–H and O–H groups in total. The van der Waals surface area contributed by atoms with Crippen LogP contribution in [0.25, 0.3) is 5.57 Å². The fourth-order valence-corrected chi connectivity index (χ4v) is 6.32. The molecule has 2 aromatic rings. The van der Waals surface area contributed by atoms with Gasteiger partial charge in [-0.25, -0.2) is 14.4 Å². The van der Waals surface area contributed by atoms with Gasteiger partial charge >= 0.3 is 18.2 Å². The Hall–Kier alpha value is -4.34. The van der Waals surface area contributed by atoms with E-state index >= 15 is 0 Å². The summed E-state index contributed by atoms with van der Waals surface area (Å²) in [6, 6.07) is 12.1. The molecule has 0 saturated heterocycles. The van der Waals surface area contributed by atoms with Gasteiger partial charge in [-0.05, 0) is 106 Å². The van der Waals surface area contributed by atoms with Crippen LogP contribution in [0.1, 0.15) is 88.2 Å². The summed E-state index contributed by atoms with van der Waals surface area (Å²) in [5.74, 6) is -0.779. The molecule has 10 heteroatoms. The second kappa shape index (κ2) is 12.8. The lowest BCUT2D eigenvalue weighted by Crippen LogP contribution is -2.50. The molecule has 0 radical (unpaired) electrons.